The molecular weight excluding hydrogens is 250 g/mol. The molecule has 2 N–H and O–H groups in total. The molecule has 0 fully saturated rings. The second-order valence-corrected chi connectivity index (χ2v) is 3.63. The van der Waals surface area contributed by atoms with Crippen LogP contribution in [0.2, 0.25) is 0 Å². The Morgan fingerprint density at radius 1 is 1.47 bits per heavy atom. The smallest absolute Gasteiger partial charge is 0.328 e. The highest BCUT2D eigenvalue weighted by molar-refractivity contribution is 5.69. The lowest BCUT2D eigenvalue weighted by Crippen LogP contribution is -2.14. The SMILES string of the molecule is COc1cccc(COC(=O)Cn2cnc(N)n2)n1. The van der Waals surface area contributed by atoms with Crippen molar-refractivity contribution in [2.75, 3.05) is 12.8 Å². The molecule has 0 aromatic carbocycles. The summed E-state index contributed by atoms with van der Waals surface area (Å²) in [6, 6.07) is 5.22. The van der Waals surface area contributed by atoms with E-state index >= 15 is 0 Å². The number of esters is 1. The molecule has 0 radical (unpaired) electrons. The Morgan fingerprint density at radius 2 is 2.32 bits per heavy atom. The number of anilines is 1. The van der Waals surface area contributed by atoms with Crippen LogP contribution in [0.25, 0.3) is 0 Å². The number of rotatable bonds is 5. The summed E-state index contributed by atoms with van der Waals surface area (Å²) >= 11 is 0. The minimum absolute atomic E-state index is 0.0475. The predicted molar refractivity (Wildman–Crippen MR) is 65.0 cm³/mol. The first-order chi connectivity index (χ1) is 9.17. The van der Waals surface area contributed by atoms with Gasteiger partial charge in [-0.25, -0.2) is 14.6 Å². The first-order valence-corrected chi connectivity index (χ1v) is 5.48. The van der Waals surface area contributed by atoms with Crippen LogP contribution < -0.4 is 10.5 Å². The molecule has 0 saturated carbocycles. The molecule has 100 valence electrons. The number of carbonyl (C=O) groups is 1. The molecule has 2 aromatic heterocycles. The highest BCUT2D eigenvalue weighted by Gasteiger charge is 2.07. The minimum Gasteiger partial charge on any atom is -0.481 e. The van der Waals surface area contributed by atoms with Crippen LogP contribution in [0.5, 0.6) is 5.88 Å². The van der Waals surface area contributed by atoms with Gasteiger partial charge in [-0.15, -0.1) is 5.10 Å². The van der Waals surface area contributed by atoms with Crippen molar-refractivity contribution >= 4 is 11.9 Å². The van der Waals surface area contributed by atoms with Crippen molar-refractivity contribution in [2.45, 2.75) is 13.2 Å². The number of nitrogen functional groups attached to an aromatic ring is 1. The number of ether oxygens (including phenoxy) is 2. The quantitative estimate of drug-likeness (QED) is 0.757. The van der Waals surface area contributed by atoms with E-state index in [1.165, 1.54) is 18.1 Å². The van der Waals surface area contributed by atoms with E-state index in [-0.39, 0.29) is 19.1 Å². The zero-order valence-electron chi connectivity index (χ0n) is 10.3. The molecule has 0 atom stereocenters. The summed E-state index contributed by atoms with van der Waals surface area (Å²) in [5.41, 5.74) is 5.93. The minimum atomic E-state index is -0.450. The molecule has 0 aliphatic carbocycles. The van der Waals surface area contributed by atoms with Crippen LogP contribution in [0.1, 0.15) is 5.69 Å². The molecule has 0 amide bonds. The standard InChI is InChI=1S/C11H13N5O3/c1-18-9-4-2-3-8(14-9)6-19-10(17)5-16-7-13-11(12)15-16/h2-4,7H,5-6H2,1H3,(H2,12,15). The lowest BCUT2D eigenvalue weighted by molar-refractivity contribution is -0.146. The molecule has 8 heteroatoms. The lowest BCUT2D eigenvalue weighted by atomic mass is 10.3. The third kappa shape index (κ3) is 3.66. The molecule has 0 saturated heterocycles. The fraction of sp³-hybridized carbons (Fsp3) is 0.273. The maximum atomic E-state index is 11.5. The van der Waals surface area contributed by atoms with Gasteiger partial charge in [-0.2, -0.15) is 0 Å². The van der Waals surface area contributed by atoms with E-state index < -0.39 is 5.97 Å². The average Bonchev–Trinajstić information content (AvgIpc) is 2.82. The first kappa shape index (κ1) is 12.8. The van der Waals surface area contributed by atoms with Crippen LogP contribution in [-0.4, -0.2) is 32.8 Å². The lowest BCUT2D eigenvalue weighted by Gasteiger charge is -2.05. The highest BCUT2D eigenvalue weighted by atomic mass is 16.5. The second-order valence-electron chi connectivity index (χ2n) is 3.63. The summed E-state index contributed by atoms with van der Waals surface area (Å²) in [6.45, 7) is 0.0222. The Hall–Kier alpha value is -2.64. The van der Waals surface area contributed by atoms with Crippen LogP contribution in [0, 0.1) is 0 Å². The molecule has 0 aliphatic heterocycles. The number of hydrogen-bond donors (Lipinski definition) is 1. The molecule has 2 aromatic rings. The fourth-order valence-corrected chi connectivity index (χ4v) is 1.37. The van der Waals surface area contributed by atoms with Crippen LogP contribution in [0.3, 0.4) is 0 Å². The van der Waals surface area contributed by atoms with E-state index in [0.717, 1.165) is 0 Å². The fourth-order valence-electron chi connectivity index (χ4n) is 1.37. The van der Waals surface area contributed by atoms with E-state index in [1.807, 2.05) is 0 Å². The zero-order chi connectivity index (χ0) is 13.7. The maximum absolute atomic E-state index is 11.5. The largest absolute Gasteiger partial charge is 0.481 e. The Bertz CT molecular complexity index is 569. The number of methoxy groups -OCH3 is 1. The zero-order valence-corrected chi connectivity index (χ0v) is 10.3. The van der Waals surface area contributed by atoms with Crippen molar-refractivity contribution in [3.05, 3.63) is 30.2 Å². The number of hydrogen-bond acceptors (Lipinski definition) is 7. The molecule has 0 bridgehead atoms. The number of aromatic nitrogens is 4. The Morgan fingerprint density at radius 3 is 3.00 bits per heavy atom. The summed E-state index contributed by atoms with van der Waals surface area (Å²) < 4.78 is 11.3. The van der Waals surface area contributed by atoms with Crippen molar-refractivity contribution in [1.29, 1.82) is 0 Å². The van der Waals surface area contributed by atoms with Crippen molar-refractivity contribution < 1.29 is 14.3 Å². The monoisotopic (exact) mass is 263 g/mol. The molecular formula is C11H13N5O3. The van der Waals surface area contributed by atoms with Gasteiger partial charge in [-0.1, -0.05) is 6.07 Å². The van der Waals surface area contributed by atoms with Crippen molar-refractivity contribution in [2.24, 2.45) is 0 Å². The van der Waals surface area contributed by atoms with E-state index in [0.29, 0.717) is 11.6 Å². The van der Waals surface area contributed by atoms with Gasteiger partial charge in [0.15, 0.2) is 0 Å². The maximum Gasteiger partial charge on any atom is 0.328 e. The van der Waals surface area contributed by atoms with Gasteiger partial charge in [-0.3, -0.25) is 4.79 Å². The third-order valence-corrected chi connectivity index (χ3v) is 2.22. The Labute approximate surface area is 109 Å². The molecule has 8 nitrogen and oxygen atoms in total. The van der Waals surface area contributed by atoms with Gasteiger partial charge in [0.2, 0.25) is 11.8 Å². The van der Waals surface area contributed by atoms with Gasteiger partial charge in [-0.05, 0) is 6.07 Å². The second kappa shape index (κ2) is 5.80. The highest BCUT2D eigenvalue weighted by Crippen LogP contribution is 2.07. The van der Waals surface area contributed by atoms with Gasteiger partial charge >= 0.3 is 5.97 Å². The van der Waals surface area contributed by atoms with Crippen LogP contribution >= 0.6 is 0 Å². The van der Waals surface area contributed by atoms with Crippen molar-refractivity contribution in [3.8, 4) is 5.88 Å². The van der Waals surface area contributed by atoms with Gasteiger partial charge < -0.3 is 15.2 Å². The predicted octanol–water partition coefficient (Wildman–Crippen LogP) is 0.00730. The van der Waals surface area contributed by atoms with Crippen LogP contribution in [0.15, 0.2) is 24.5 Å². The number of nitrogens with zero attached hydrogens (tertiary/aromatic N) is 4. The van der Waals surface area contributed by atoms with Crippen LogP contribution in [0.4, 0.5) is 5.95 Å². The van der Waals surface area contributed by atoms with E-state index in [2.05, 4.69) is 15.1 Å². The van der Waals surface area contributed by atoms with Gasteiger partial charge in [0.05, 0.1) is 12.8 Å². The number of pyridine rings is 1. The van der Waals surface area contributed by atoms with Crippen molar-refractivity contribution in [3.63, 3.8) is 0 Å². The summed E-state index contributed by atoms with van der Waals surface area (Å²) in [4.78, 5) is 19.4. The van der Waals surface area contributed by atoms with Gasteiger partial charge in [0.25, 0.3) is 0 Å². The Balaban J connectivity index is 1.86. The third-order valence-electron chi connectivity index (χ3n) is 2.22. The van der Waals surface area contributed by atoms with E-state index in [9.17, 15) is 4.79 Å². The summed E-state index contributed by atoms with van der Waals surface area (Å²) in [6.07, 6.45) is 1.36. The Kier molecular flexibility index (Phi) is 3.91. The molecule has 0 aliphatic rings. The molecule has 0 unspecified atom stereocenters. The number of nitrogens with two attached hydrogens (primary N) is 1. The summed E-state index contributed by atoms with van der Waals surface area (Å²) in [5.74, 6) is 0.134. The summed E-state index contributed by atoms with van der Waals surface area (Å²) in [7, 11) is 1.52. The normalized spacial score (nSPS) is 10.2. The van der Waals surface area contributed by atoms with Gasteiger partial charge in [0.1, 0.15) is 19.5 Å². The first-order valence-electron chi connectivity index (χ1n) is 5.48. The van der Waals surface area contributed by atoms with Gasteiger partial charge in [0, 0.05) is 6.07 Å². The molecule has 2 heterocycles. The summed E-state index contributed by atoms with van der Waals surface area (Å²) in [5, 5.41) is 3.78. The topological polar surface area (TPSA) is 105 Å². The average molecular weight is 263 g/mol. The van der Waals surface area contributed by atoms with E-state index in [4.69, 9.17) is 15.2 Å². The molecule has 0 spiro atoms. The van der Waals surface area contributed by atoms with Crippen LogP contribution in [-0.2, 0) is 22.7 Å². The van der Waals surface area contributed by atoms with E-state index in [1.54, 1.807) is 18.2 Å². The van der Waals surface area contributed by atoms with Crippen molar-refractivity contribution in [1.82, 2.24) is 19.7 Å². The molecule has 2 rings (SSSR count). The molecule has 19 heavy (non-hydrogen) atoms. The number of carbonyl (C=O) groups excluding carboxylic acids is 1.